The Morgan fingerprint density at radius 3 is 2.53 bits per heavy atom. The Morgan fingerprint density at radius 1 is 1.16 bits per heavy atom. The minimum atomic E-state index is -0.400. The largest absolute Gasteiger partial charge is 0.378 e. The first-order valence-electron chi connectivity index (χ1n) is 5.64. The fourth-order valence-corrected chi connectivity index (χ4v) is 2.98. The molecule has 0 amide bonds. The van der Waals surface area contributed by atoms with E-state index in [4.69, 9.17) is 11.6 Å². The molecule has 2 aromatic rings. The Kier molecular flexibility index (Phi) is 4.87. The summed E-state index contributed by atoms with van der Waals surface area (Å²) in [6.45, 7) is 1.97. The topological polar surface area (TPSA) is 12.0 Å². The summed E-state index contributed by atoms with van der Waals surface area (Å²) < 4.78 is 15.4. The molecule has 1 N–H and O–H groups in total. The molecule has 0 aliphatic carbocycles. The maximum atomic E-state index is 13.4. The fraction of sp³-hybridized carbons (Fsp3) is 0.143. The van der Waals surface area contributed by atoms with Gasteiger partial charge in [0.2, 0.25) is 0 Å². The van der Waals surface area contributed by atoms with Crippen molar-refractivity contribution in [2.24, 2.45) is 0 Å². The zero-order valence-electron chi connectivity index (χ0n) is 10.1. The van der Waals surface area contributed by atoms with Crippen LogP contribution in [0.5, 0.6) is 0 Å². The molecule has 5 heteroatoms. The molecule has 1 nitrogen and oxygen atoms in total. The highest BCUT2D eigenvalue weighted by Gasteiger charge is 2.10. The normalized spacial score (nSPS) is 12.3. The molecule has 100 valence electrons. The number of rotatable bonds is 3. The van der Waals surface area contributed by atoms with Crippen LogP contribution in [-0.4, -0.2) is 0 Å². The zero-order valence-corrected chi connectivity index (χ0v) is 14.0. The van der Waals surface area contributed by atoms with Gasteiger partial charge in [-0.25, -0.2) is 4.39 Å². The number of halogens is 4. The Morgan fingerprint density at radius 2 is 1.89 bits per heavy atom. The van der Waals surface area contributed by atoms with Crippen molar-refractivity contribution in [2.75, 3.05) is 5.32 Å². The highest BCUT2D eigenvalue weighted by molar-refractivity contribution is 9.11. The predicted octanol–water partition coefficient (Wildman–Crippen LogP) is 6.18. The molecule has 0 saturated heterocycles. The van der Waals surface area contributed by atoms with Crippen LogP contribution in [0.15, 0.2) is 45.3 Å². The number of nitrogens with one attached hydrogen (secondary N) is 1. The lowest BCUT2D eigenvalue weighted by Gasteiger charge is -2.17. The van der Waals surface area contributed by atoms with Crippen LogP contribution >= 0.6 is 43.5 Å². The van der Waals surface area contributed by atoms with E-state index in [-0.39, 0.29) is 11.1 Å². The first-order valence-corrected chi connectivity index (χ1v) is 7.60. The van der Waals surface area contributed by atoms with Crippen molar-refractivity contribution in [3.63, 3.8) is 0 Å². The van der Waals surface area contributed by atoms with Gasteiger partial charge in [0.1, 0.15) is 5.82 Å². The maximum absolute atomic E-state index is 13.4. The van der Waals surface area contributed by atoms with Gasteiger partial charge >= 0.3 is 0 Å². The highest BCUT2D eigenvalue weighted by atomic mass is 79.9. The van der Waals surface area contributed by atoms with Crippen molar-refractivity contribution in [3.05, 3.63) is 61.7 Å². The molecule has 0 bridgehead atoms. The number of hydrogen-bond acceptors (Lipinski definition) is 1. The molecular formula is C14H11Br2ClFN. The molecule has 2 rings (SSSR count). The summed E-state index contributed by atoms with van der Waals surface area (Å²) in [4.78, 5) is 0. The first-order chi connectivity index (χ1) is 8.97. The number of hydrogen-bond donors (Lipinski definition) is 1. The van der Waals surface area contributed by atoms with E-state index in [1.54, 1.807) is 6.07 Å². The van der Waals surface area contributed by atoms with Crippen molar-refractivity contribution >= 4 is 49.1 Å². The van der Waals surface area contributed by atoms with Crippen LogP contribution in [0, 0.1) is 5.82 Å². The molecule has 2 aromatic carbocycles. The second kappa shape index (κ2) is 6.25. The second-order valence-electron chi connectivity index (χ2n) is 4.16. The maximum Gasteiger partial charge on any atom is 0.142 e. The van der Waals surface area contributed by atoms with Crippen molar-refractivity contribution in [1.29, 1.82) is 0 Å². The van der Waals surface area contributed by atoms with E-state index in [1.807, 2.05) is 31.2 Å². The van der Waals surface area contributed by atoms with Crippen molar-refractivity contribution in [2.45, 2.75) is 13.0 Å². The van der Waals surface area contributed by atoms with Crippen LogP contribution in [0.25, 0.3) is 0 Å². The average molecular weight is 408 g/mol. The van der Waals surface area contributed by atoms with Gasteiger partial charge in [0.05, 0.1) is 5.02 Å². The third-order valence-corrected chi connectivity index (χ3v) is 4.20. The van der Waals surface area contributed by atoms with Crippen LogP contribution in [0.4, 0.5) is 10.1 Å². The van der Waals surface area contributed by atoms with Crippen LogP contribution in [0.1, 0.15) is 18.5 Å². The lowest BCUT2D eigenvalue weighted by molar-refractivity contribution is 0.624. The predicted molar refractivity (Wildman–Crippen MR) is 85.3 cm³/mol. The minimum absolute atomic E-state index is 0.0238. The van der Waals surface area contributed by atoms with Crippen LogP contribution in [0.2, 0.25) is 5.02 Å². The Balaban J connectivity index is 2.20. The smallest absolute Gasteiger partial charge is 0.142 e. The standard InChI is InChI=1S/C14H11Br2ClFN/c1-8(9-2-4-12(17)13(18)6-9)19-14-5-3-10(15)7-11(14)16/h2-8,19H,1H3. The molecular weight excluding hydrogens is 396 g/mol. The van der Waals surface area contributed by atoms with E-state index in [0.29, 0.717) is 0 Å². The van der Waals surface area contributed by atoms with E-state index in [0.717, 1.165) is 20.2 Å². The van der Waals surface area contributed by atoms with E-state index < -0.39 is 5.82 Å². The van der Waals surface area contributed by atoms with Crippen LogP contribution < -0.4 is 5.32 Å². The molecule has 0 saturated carbocycles. The van der Waals surface area contributed by atoms with Crippen molar-refractivity contribution < 1.29 is 4.39 Å². The zero-order chi connectivity index (χ0) is 14.0. The summed E-state index contributed by atoms with van der Waals surface area (Å²) in [6, 6.07) is 10.7. The van der Waals surface area contributed by atoms with E-state index >= 15 is 0 Å². The van der Waals surface area contributed by atoms with Gasteiger partial charge in [0.25, 0.3) is 0 Å². The molecule has 0 heterocycles. The molecule has 0 aromatic heterocycles. The van der Waals surface area contributed by atoms with Crippen molar-refractivity contribution in [1.82, 2.24) is 0 Å². The van der Waals surface area contributed by atoms with E-state index in [1.165, 1.54) is 6.07 Å². The molecule has 0 radical (unpaired) electrons. The number of benzene rings is 2. The monoisotopic (exact) mass is 405 g/mol. The summed E-state index contributed by atoms with van der Waals surface area (Å²) in [5.41, 5.74) is 1.79. The molecule has 0 aliphatic rings. The highest BCUT2D eigenvalue weighted by Crippen LogP contribution is 2.30. The summed E-state index contributed by atoms with van der Waals surface area (Å²) >= 11 is 12.6. The molecule has 0 fully saturated rings. The van der Waals surface area contributed by atoms with Gasteiger partial charge in [0.15, 0.2) is 0 Å². The van der Waals surface area contributed by atoms with Crippen molar-refractivity contribution in [3.8, 4) is 0 Å². The van der Waals surface area contributed by atoms with Gasteiger partial charge < -0.3 is 5.32 Å². The van der Waals surface area contributed by atoms with Gasteiger partial charge in [-0.3, -0.25) is 0 Å². The number of anilines is 1. The lowest BCUT2D eigenvalue weighted by atomic mass is 10.1. The summed E-state index contributed by atoms with van der Waals surface area (Å²) in [6.07, 6.45) is 0. The SMILES string of the molecule is CC(Nc1ccc(Br)cc1Br)c1ccc(Cl)c(F)c1. The van der Waals surface area contributed by atoms with E-state index in [2.05, 4.69) is 37.2 Å². The third-order valence-electron chi connectivity index (χ3n) is 2.75. The van der Waals surface area contributed by atoms with Crippen LogP contribution in [0.3, 0.4) is 0 Å². The molecule has 1 atom stereocenters. The molecule has 19 heavy (non-hydrogen) atoms. The van der Waals surface area contributed by atoms with Gasteiger partial charge in [-0.1, -0.05) is 33.6 Å². The van der Waals surface area contributed by atoms with E-state index in [9.17, 15) is 4.39 Å². The Labute approximate surface area is 133 Å². The van der Waals surface area contributed by atoms with Gasteiger partial charge in [0, 0.05) is 20.7 Å². The Hall–Kier alpha value is -0.580. The molecule has 1 unspecified atom stereocenters. The van der Waals surface area contributed by atoms with Gasteiger partial charge in [-0.15, -0.1) is 0 Å². The summed E-state index contributed by atoms with van der Waals surface area (Å²) in [5.74, 6) is -0.400. The summed E-state index contributed by atoms with van der Waals surface area (Å²) in [7, 11) is 0. The quantitative estimate of drug-likeness (QED) is 0.641. The fourth-order valence-electron chi connectivity index (χ4n) is 1.70. The first kappa shape index (κ1) is 14.8. The third kappa shape index (κ3) is 3.71. The van der Waals surface area contributed by atoms with Gasteiger partial charge in [-0.05, 0) is 58.7 Å². The molecule has 0 spiro atoms. The molecule has 0 aliphatic heterocycles. The lowest BCUT2D eigenvalue weighted by Crippen LogP contribution is -2.07. The second-order valence-corrected chi connectivity index (χ2v) is 6.34. The summed E-state index contributed by atoms with van der Waals surface area (Å²) in [5, 5.41) is 3.46. The Bertz CT molecular complexity index is 604. The minimum Gasteiger partial charge on any atom is -0.378 e. The average Bonchev–Trinajstić information content (AvgIpc) is 2.36. The van der Waals surface area contributed by atoms with Crippen LogP contribution in [-0.2, 0) is 0 Å². The van der Waals surface area contributed by atoms with Gasteiger partial charge in [-0.2, -0.15) is 0 Å².